The Morgan fingerprint density at radius 2 is 0.841 bits per heavy atom. The number of benzene rings is 4. The summed E-state index contributed by atoms with van der Waals surface area (Å²) in [5.41, 5.74) is -5.50. The molecule has 88 heavy (non-hydrogen) atoms. The van der Waals surface area contributed by atoms with Gasteiger partial charge in [0.1, 0.15) is 17.0 Å². The monoisotopic (exact) mass is 1320 g/mol. The highest BCUT2D eigenvalue weighted by molar-refractivity contribution is 7.94. The molecule has 0 radical (unpaired) electrons. The van der Waals surface area contributed by atoms with Gasteiger partial charge < -0.3 is 32.4 Å². The van der Waals surface area contributed by atoms with Gasteiger partial charge in [0.15, 0.2) is 29.2 Å². The van der Waals surface area contributed by atoms with Gasteiger partial charge in [-0.15, -0.1) is 0 Å². The lowest BCUT2D eigenvalue weighted by Crippen LogP contribution is -2.53. The molecule has 15 nitrogen and oxygen atoms in total. The van der Waals surface area contributed by atoms with Crippen molar-refractivity contribution >= 4 is 54.3 Å². The van der Waals surface area contributed by atoms with Crippen LogP contribution >= 0.6 is 0 Å². The van der Waals surface area contributed by atoms with Crippen molar-refractivity contribution in [3.8, 4) is 16.9 Å². The first-order valence-corrected chi connectivity index (χ1v) is 32.1. The Bertz CT molecular complexity index is 3350. The maximum atomic E-state index is 13.7. The fraction of sp³-hybridized carbons (Fsp3) is 0.559. The summed E-state index contributed by atoms with van der Waals surface area (Å²) >= 11 is 0. The number of carbonyl (C=O) groups excluding carboxylic acids is 2. The normalized spacial score (nSPS) is 18.2. The number of rotatable bonds is 16. The summed E-state index contributed by atoms with van der Waals surface area (Å²) in [4.78, 5) is 26.2. The molecule has 29 heteroatoms. The number of halogens is 10. The van der Waals surface area contributed by atoms with E-state index in [-0.39, 0.29) is 68.3 Å². The van der Waals surface area contributed by atoms with Crippen LogP contribution in [-0.4, -0.2) is 126 Å². The molecule has 490 valence electrons. The molecule has 0 N–H and O–H groups in total. The Hall–Kier alpha value is -5.33. The van der Waals surface area contributed by atoms with Crippen molar-refractivity contribution in [1.82, 2.24) is 0 Å². The molecular formula is C59H73BF10O15S3. The molecule has 0 aromatic heterocycles. The van der Waals surface area contributed by atoms with Gasteiger partial charge in [-0.2, -0.15) is 43.5 Å². The van der Waals surface area contributed by atoms with Gasteiger partial charge in [0.25, 0.3) is 0 Å². The Labute approximate surface area is 507 Å². The van der Waals surface area contributed by atoms with Crippen LogP contribution in [0.2, 0.25) is 0 Å². The van der Waals surface area contributed by atoms with E-state index in [4.69, 9.17) is 28.3 Å². The van der Waals surface area contributed by atoms with Crippen molar-refractivity contribution in [2.24, 2.45) is 0 Å². The highest BCUT2D eigenvalue weighted by atomic mass is 32.2. The first-order valence-electron chi connectivity index (χ1n) is 27.7. The Kier molecular flexibility index (Phi) is 22.4. The molecule has 0 spiro atoms. The van der Waals surface area contributed by atoms with Gasteiger partial charge in [-0.3, -0.25) is 9.59 Å². The van der Waals surface area contributed by atoms with E-state index in [9.17, 15) is 78.7 Å². The predicted molar refractivity (Wildman–Crippen MR) is 306 cm³/mol. The van der Waals surface area contributed by atoms with Gasteiger partial charge in [0, 0.05) is 65.0 Å². The largest absolute Gasteiger partial charge is 0.534 e. The average Bonchev–Trinajstić information content (AvgIpc) is 3.32. The van der Waals surface area contributed by atoms with Crippen molar-refractivity contribution < 1.29 is 111 Å². The molecule has 7 rings (SSSR count). The van der Waals surface area contributed by atoms with E-state index in [0.29, 0.717) is 22.3 Å². The Morgan fingerprint density at radius 1 is 0.500 bits per heavy atom. The van der Waals surface area contributed by atoms with E-state index in [1.807, 2.05) is 27.7 Å². The summed E-state index contributed by atoms with van der Waals surface area (Å²) in [6.45, 7) is 19.3. The number of hydrogen-bond acceptors (Lipinski definition) is 15. The fourth-order valence-corrected chi connectivity index (χ4v) is 13.2. The number of sulfone groups is 2. The third-order valence-corrected chi connectivity index (χ3v) is 20.7. The summed E-state index contributed by atoms with van der Waals surface area (Å²) in [7, 11) is -14.5. The van der Waals surface area contributed by atoms with E-state index in [1.54, 1.807) is 77.9 Å². The van der Waals surface area contributed by atoms with Gasteiger partial charge >= 0.3 is 46.8 Å². The highest BCUT2D eigenvalue weighted by Crippen LogP contribution is 2.42. The highest BCUT2D eigenvalue weighted by Gasteiger charge is 2.58. The molecule has 0 atom stereocenters. The van der Waals surface area contributed by atoms with Crippen LogP contribution in [-0.2, 0) is 80.5 Å². The van der Waals surface area contributed by atoms with E-state index >= 15 is 0 Å². The minimum atomic E-state index is -5.72. The molecule has 3 aliphatic rings. The van der Waals surface area contributed by atoms with Gasteiger partial charge in [0.05, 0.1) is 21.0 Å². The number of esters is 2. The van der Waals surface area contributed by atoms with Crippen molar-refractivity contribution in [3.05, 3.63) is 108 Å². The first kappa shape index (κ1) is 73.4. The van der Waals surface area contributed by atoms with Gasteiger partial charge in [-0.25, -0.2) is 25.6 Å². The SMILES string of the molecule is CC(C)(C)OC(=O)C1(S(=O)(=O)c2ccc(-c3ccc(CCC(F)(F)C(F)(F)F)cc3)cc2)CCOCC1.CC(C)(C)OC(=O)C1(S(=O)(=O)c2ccc(B3OC(C)(C)C(C)(C)O3)cc2)CCOCC1.CC(F)(F)CCc1ccc(OS(=O)(=O)C(F)(F)F)cc1. The molecule has 0 unspecified atom stereocenters. The smallest absolute Gasteiger partial charge is 0.459 e. The topological polar surface area (TPSA) is 201 Å². The summed E-state index contributed by atoms with van der Waals surface area (Å²) in [5.74, 6) is -9.70. The first-order chi connectivity index (χ1) is 40.0. The lowest BCUT2D eigenvalue weighted by Gasteiger charge is -2.36. The minimum Gasteiger partial charge on any atom is -0.459 e. The van der Waals surface area contributed by atoms with Crippen molar-refractivity contribution in [2.75, 3.05) is 26.4 Å². The van der Waals surface area contributed by atoms with Crippen LogP contribution in [0, 0.1) is 0 Å². The fourth-order valence-electron chi connectivity index (χ4n) is 8.93. The molecule has 3 saturated heterocycles. The molecule has 3 heterocycles. The van der Waals surface area contributed by atoms with Crippen LogP contribution in [0.1, 0.15) is 126 Å². The van der Waals surface area contributed by atoms with Gasteiger partial charge in [-0.05, 0) is 153 Å². The standard InChI is InChI=1S/C26H29F5O5S.C22H33BO7S.C11H11F5O3S/c1-23(2,3)36-22(32)24(14-16-35-17-15-24)37(33,34)21-10-8-20(9-11-21)19-6-4-18(5-7-19)12-13-25(27,28)26(29,30)31;1-19(2,3)28-18(24)22(12-14-27-15-13-22)31(25,26)17-10-8-16(9-11-17)23-29-20(4,5)21(6,7)30-23;1-10(12,13)7-6-8-2-4-9(5-3-8)19-20(17,18)11(14,15)16/h4-11H,12-17H2,1-3H3;8-11H,12-15H2,1-7H3;2-5H,6-7H2,1H3. The van der Waals surface area contributed by atoms with Crippen LogP contribution in [0.4, 0.5) is 43.9 Å². The third kappa shape index (κ3) is 18.0. The Morgan fingerprint density at radius 3 is 1.18 bits per heavy atom. The lowest BCUT2D eigenvalue weighted by atomic mass is 9.79. The molecule has 0 bridgehead atoms. The number of carbonyl (C=O) groups is 2. The molecular weight excluding hydrogens is 1250 g/mol. The van der Waals surface area contributed by atoms with Crippen molar-refractivity contribution in [3.63, 3.8) is 0 Å². The van der Waals surface area contributed by atoms with Gasteiger partial charge in [-0.1, -0.05) is 60.7 Å². The number of alkyl halides is 10. The molecule has 3 aliphatic heterocycles. The van der Waals surface area contributed by atoms with Crippen LogP contribution < -0.4 is 9.65 Å². The lowest BCUT2D eigenvalue weighted by molar-refractivity contribution is -0.284. The zero-order chi connectivity index (χ0) is 66.6. The molecule has 0 aliphatic carbocycles. The van der Waals surface area contributed by atoms with Crippen LogP contribution in [0.3, 0.4) is 0 Å². The molecule has 0 saturated carbocycles. The number of hydrogen-bond donors (Lipinski definition) is 0. The van der Waals surface area contributed by atoms with E-state index in [0.717, 1.165) is 24.5 Å². The van der Waals surface area contributed by atoms with E-state index in [1.165, 1.54) is 48.5 Å². The second kappa shape index (κ2) is 26.9. The quantitative estimate of drug-likeness (QED) is 0.0337. The summed E-state index contributed by atoms with van der Waals surface area (Å²) in [6.07, 6.45) is -7.78. The van der Waals surface area contributed by atoms with Crippen molar-refractivity contribution in [2.45, 2.75) is 193 Å². The van der Waals surface area contributed by atoms with Gasteiger partial charge in [0.2, 0.25) is 5.92 Å². The maximum Gasteiger partial charge on any atom is 0.534 e. The molecule has 3 fully saturated rings. The summed E-state index contributed by atoms with van der Waals surface area (Å²) in [5, 5.41) is 0. The molecule has 0 amide bonds. The number of ether oxygens (including phenoxy) is 4. The zero-order valence-corrected chi connectivity index (χ0v) is 52.9. The average molecular weight is 1320 g/mol. The zero-order valence-electron chi connectivity index (χ0n) is 50.4. The predicted octanol–water partition coefficient (Wildman–Crippen LogP) is 12.3. The third-order valence-electron chi connectivity index (χ3n) is 14.7. The van der Waals surface area contributed by atoms with Crippen molar-refractivity contribution in [1.29, 1.82) is 0 Å². The maximum absolute atomic E-state index is 13.7. The molecule has 4 aromatic carbocycles. The Balaban J connectivity index is 0.000000251. The van der Waals surface area contributed by atoms with Crippen LogP contribution in [0.25, 0.3) is 11.1 Å². The minimum absolute atomic E-state index is 0.00972. The number of aryl methyl sites for hydroxylation is 2. The van der Waals surface area contributed by atoms with E-state index in [2.05, 4.69) is 4.18 Å². The second-order valence-corrected chi connectivity index (χ2v) is 30.6. The van der Waals surface area contributed by atoms with E-state index < -0.39 is 129 Å². The van der Waals surface area contributed by atoms with Crippen LogP contribution in [0.5, 0.6) is 5.75 Å². The molecule has 4 aromatic rings. The van der Waals surface area contributed by atoms with Crippen LogP contribution in [0.15, 0.2) is 107 Å². The second-order valence-electron chi connectivity index (χ2n) is 24.5. The summed E-state index contributed by atoms with van der Waals surface area (Å²) in [6, 6.07) is 22.7. The summed E-state index contributed by atoms with van der Waals surface area (Å²) < 4.78 is 235.